The molecule has 3 aromatic heterocycles. The number of aromatic nitrogens is 9. The Kier molecular flexibility index (Phi) is 22.4. The van der Waals surface area contributed by atoms with Gasteiger partial charge in [-0.05, 0) is 102 Å². The number of ether oxygens (including phenoxy) is 4. The minimum atomic E-state index is -1.92. The van der Waals surface area contributed by atoms with Crippen molar-refractivity contribution in [1.82, 2.24) is 44.9 Å². The van der Waals surface area contributed by atoms with Gasteiger partial charge in [-0.25, -0.2) is 44.9 Å². The number of benzene rings is 3. The van der Waals surface area contributed by atoms with Gasteiger partial charge < -0.3 is 18.9 Å². The Balaban J connectivity index is 0.000000201. The Morgan fingerprint density at radius 2 is 0.806 bits per heavy atom. The third kappa shape index (κ3) is 17.9. The van der Waals surface area contributed by atoms with Gasteiger partial charge in [0.25, 0.3) is 0 Å². The van der Waals surface area contributed by atoms with Crippen LogP contribution in [0.1, 0.15) is 46.3 Å². The molecule has 386 valence electrons. The van der Waals surface area contributed by atoms with Crippen molar-refractivity contribution in [3.8, 4) is 45.8 Å². The van der Waals surface area contributed by atoms with Crippen LogP contribution >= 0.6 is 257 Å². The van der Waals surface area contributed by atoms with Gasteiger partial charge in [0.05, 0.1) is 27.6 Å². The summed E-state index contributed by atoms with van der Waals surface area (Å²) in [5.74, 6) is 1.96. The van der Waals surface area contributed by atoms with E-state index in [1.807, 2.05) is 12.1 Å². The molecule has 0 N–H and O–H groups in total. The molecule has 0 saturated heterocycles. The van der Waals surface area contributed by atoms with Gasteiger partial charge in [-0.3, -0.25) is 0 Å². The number of nitrogens with zero attached hydrogens (tertiary/aromatic N) is 9. The van der Waals surface area contributed by atoms with Gasteiger partial charge in [0.15, 0.2) is 63.9 Å². The molecule has 7 rings (SSSR count). The molecule has 0 unspecified atom stereocenters. The van der Waals surface area contributed by atoms with Crippen LogP contribution in [0, 0.1) is 0 Å². The summed E-state index contributed by atoms with van der Waals surface area (Å²) in [5, 5.41) is 0. The second-order valence-corrected chi connectivity index (χ2v) is 29.5. The molecular formula is C38H18Br3Cl18N9O4. The molecule has 3 aromatic carbocycles. The molecule has 0 atom stereocenters. The first-order valence-electron chi connectivity index (χ1n) is 18.2. The van der Waals surface area contributed by atoms with Crippen molar-refractivity contribution in [2.45, 2.75) is 22.8 Å². The van der Waals surface area contributed by atoms with Gasteiger partial charge in [0, 0.05) is 11.1 Å². The van der Waals surface area contributed by atoms with E-state index >= 15 is 0 Å². The molecule has 34 heteroatoms. The van der Waals surface area contributed by atoms with Crippen LogP contribution in [-0.4, -0.2) is 65.9 Å². The maximum Gasteiger partial charge on any atom is 0.250 e. The topological polar surface area (TPSA) is 153 Å². The fraction of sp³-hybridized carbons (Fsp3) is 0.237. The predicted octanol–water partition coefficient (Wildman–Crippen LogP) is 18.1. The molecule has 0 radical (unpaired) electrons. The Bertz CT molecular complexity index is 2870. The molecule has 4 heterocycles. The second kappa shape index (κ2) is 25.6. The van der Waals surface area contributed by atoms with Gasteiger partial charge in [-0.1, -0.05) is 221 Å². The van der Waals surface area contributed by atoms with Gasteiger partial charge in [0.2, 0.25) is 29.5 Å². The summed E-state index contributed by atoms with van der Waals surface area (Å²) in [6.07, 6.45) is 3.32. The Morgan fingerprint density at radius 3 is 1.19 bits per heavy atom. The lowest BCUT2D eigenvalue weighted by Crippen LogP contribution is -2.16. The van der Waals surface area contributed by atoms with E-state index in [-0.39, 0.29) is 59.2 Å². The minimum Gasteiger partial charge on any atom is -0.496 e. The van der Waals surface area contributed by atoms with E-state index < -0.39 is 22.8 Å². The number of rotatable bonds is 6. The number of methoxy groups -OCH3 is 2. The summed E-state index contributed by atoms with van der Waals surface area (Å²) in [5.41, 5.74) is 1.96. The number of alkyl halides is 18. The van der Waals surface area contributed by atoms with Crippen molar-refractivity contribution < 1.29 is 18.9 Å². The van der Waals surface area contributed by atoms with E-state index in [1.54, 1.807) is 62.8 Å². The molecule has 1 aliphatic heterocycles. The monoisotopic (exact) mass is 1530 g/mol. The van der Waals surface area contributed by atoms with Crippen molar-refractivity contribution in [3.05, 3.63) is 108 Å². The molecule has 0 spiro atoms. The van der Waals surface area contributed by atoms with Crippen LogP contribution in [0.15, 0.2) is 61.9 Å². The highest BCUT2D eigenvalue weighted by Crippen LogP contribution is 2.46. The van der Waals surface area contributed by atoms with E-state index in [1.165, 1.54) is 0 Å². The molecular weight excluding hydrogens is 1520 g/mol. The lowest BCUT2D eigenvalue weighted by molar-refractivity contribution is 0.173. The molecule has 72 heavy (non-hydrogen) atoms. The van der Waals surface area contributed by atoms with Crippen molar-refractivity contribution in [2.24, 2.45) is 0 Å². The maximum atomic E-state index is 5.86. The third-order valence-electron chi connectivity index (χ3n) is 8.14. The Hall–Kier alpha value is 0.290. The van der Waals surface area contributed by atoms with E-state index in [4.69, 9.17) is 228 Å². The van der Waals surface area contributed by atoms with Crippen molar-refractivity contribution in [2.75, 3.05) is 21.0 Å². The van der Waals surface area contributed by atoms with Crippen molar-refractivity contribution >= 4 is 269 Å². The summed E-state index contributed by atoms with van der Waals surface area (Å²) in [4.78, 5) is 36.4. The van der Waals surface area contributed by atoms with Gasteiger partial charge in [-0.15, -0.1) is 0 Å². The first-order chi connectivity index (χ1) is 33.1. The zero-order valence-electron chi connectivity index (χ0n) is 34.6. The standard InChI is InChI=1S/C14H8BrCl6N3O.C12H4BrCl6N3O2.C12H6BrCl6N3O/c1-25-9-4-2-7(6-8(9)15)3-5-10-22-11(13(16,17)18)24-12(23-10)14(19,20)21;13-5-1-4(2-6-7(5)24-3-23-6)8-20-9(11(14,15)16)22-10(21-8)12(17,18)19;1-23-7-3-2-5(4-6(7)13)8-20-9(11(14,15)16)22-10(21-8)12(17,18)19/h2-6H,1H3;1-2H,3H2;2-4H,1H3/b5-3+;;. The summed E-state index contributed by atoms with van der Waals surface area (Å²) in [6.45, 7) is 0.105. The zero-order valence-corrected chi connectivity index (χ0v) is 52.9. The van der Waals surface area contributed by atoms with E-state index in [0.29, 0.717) is 43.1 Å². The molecule has 6 aromatic rings. The number of hydrogen-bond acceptors (Lipinski definition) is 13. The van der Waals surface area contributed by atoms with Crippen LogP contribution in [-0.2, 0) is 22.8 Å². The summed E-state index contributed by atoms with van der Waals surface area (Å²) in [6, 6.07) is 14.0. The van der Waals surface area contributed by atoms with E-state index in [2.05, 4.69) is 92.6 Å². The maximum absolute atomic E-state index is 5.86. The molecule has 0 saturated carbocycles. The lowest BCUT2D eigenvalue weighted by Gasteiger charge is -2.16. The van der Waals surface area contributed by atoms with Crippen LogP contribution < -0.4 is 18.9 Å². The highest BCUT2D eigenvalue weighted by molar-refractivity contribution is 9.11. The SMILES string of the molecule is COc1ccc(-c2nc(C(Cl)(Cl)Cl)nc(C(Cl)(Cl)Cl)n2)cc1Br.COc1ccc(/C=C/c2nc(C(Cl)(Cl)Cl)nc(C(Cl)(Cl)Cl)n2)cc1Br.ClC(Cl)(Cl)c1nc(-c2cc(Br)c3c(c2)OCO3)nc(C(Cl)(Cl)Cl)n1. The fourth-order valence-corrected chi connectivity index (χ4v) is 8.27. The lowest BCUT2D eigenvalue weighted by atomic mass is 10.2. The summed E-state index contributed by atoms with van der Waals surface area (Å²) < 4.78 is 11.7. The Morgan fingerprint density at radius 1 is 0.431 bits per heavy atom. The molecule has 1 aliphatic rings. The first kappa shape index (κ1) is 63.1. The zero-order chi connectivity index (χ0) is 53.9. The highest BCUT2D eigenvalue weighted by atomic mass is 79.9. The van der Waals surface area contributed by atoms with E-state index in [9.17, 15) is 0 Å². The Labute approximate surface area is 524 Å². The predicted molar refractivity (Wildman–Crippen MR) is 303 cm³/mol. The minimum absolute atomic E-state index is 0.105. The highest BCUT2D eigenvalue weighted by Gasteiger charge is 2.37. The average molecular weight is 1540 g/mol. The molecule has 0 fully saturated rings. The van der Waals surface area contributed by atoms with Crippen LogP contribution in [0.2, 0.25) is 0 Å². The van der Waals surface area contributed by atoms with E-state index in [0.717, 1.165) is 10.0 Å². The largest absolute Gasteiger partial charge is 0.496 e. The van der Waals surface area contributed by atoms with Gasteiger partial charge >= 0.3 is 0 Å². The smallest absolute Gasteiger partial charge is 0.250 e. The van der Waals surface area contributed by atoms with Crippen LogP contribution in [0.25, 0.3) is 34.9 Å². The summed E-state index contributed by atoms with van der Waals surface area (Å²) in [7, 11) is 3.13. The molecule has 0 bridgehead atoms. The van der Waals surface area contributed by atoms with Crippen molar-refractivity contribution in [1.29, 1.82) is 0 Å². The molecule has 13 nitrogen and oxygen atoms in total. The second-order valence-electron chi connectivity index (χ2n) is 13.2. The number of fused-ring (bicyclic) bond motifs is 1. The number of hydrogen-bond donors (Lipinski definition) is 0. The fourth-order valence-electron chi connectivity index (χ4n) is 5.10. The van der Waals surface area contributed by atoms with Crippen molar-refractivity contribution in [3.63, 3.8) is 0 Å². The first-order valence-corrected chi connectivity index (χ1v) is 27.4. The van der Waals surface area contributed by atoms with Crippen LogP contribution in [0.4, 0.5) is 0 Å². The molecule has 0 amide bonds. The normalized spacial score (nSPS) is 13.0. The average Bonchev–Trinajstić information content (AvgIpc) is 3.76. The summed E-state index contributed by atoms with van der Waals surface area (Å²) >= 11 is 115. The molecule has 0 aliphatic carbocycles. The third-order valence-corrected chi connectivity index (χ3v) is 13.0. The van der Waals surface area contributed by atoms with Crippen LogP contribution in [0.5, 0.6) is 23.0 Å². The van der Waals surface area contributed by atoms with Gasteiger partial charge in [0.1, 0.15) is 11.5 Å². The quantitative estimate of drug-likeness (QED) is 0.146. The van der Waals surface area contributed by atoms with Crippen LogP contribution in [0.3, 0.4) is 0 Å². The number of halogens is 21. The van der Waals surface area contributed by atoms with Gasteiger partial charge in [-0.2, -0.15) is 0 Å².